The molecule has 0 saturated carbocycles. The lowest BCUT2D eigenvalue weighted by Crippen LogP contribution is -2.28. The molecule has 92 valence electrons. The van der Waals surface area contributed by atoms with Gasteiger partial charge in [0.2, 0.25) is 0 Å². The molecule has 1 atom stereocenters. The molecule has 0 aliphatic carbocycles. The lowest BCUT2D eigenvalue weighted by Gasteiger charge is -2.17. The lowest BCUT2D eigenvalue weighted by molar-refractivity contribution is 0.354. The fourth-order valence-corrected chi connectivity index (χ4v) is 1.59. The number of hydrogen-bond donors (Lipinski definition) is 2. The number of rotatable bonds is 6. The van der Waals surface area contributed by atoms with Gasteiger partial charge in [-0.05, 0) is 17.7 Å². The van der Waals surface area contributed by atoms with E-state index in [0.29, 0.717) is 24.6 Å². The fraction of sp³-hybridized carbons (Fsp3) is 0.385. The van der Waals surface area contributed by atoms with E-state index in [0.717, 1.165) is 5.56 Å². The second-order valence-corrected chi connectivity index (χ2v) is 3.49. The first-order valence-corrected chi connectivity index (χ1v) is 5.35. The Hall–Kier alpha value is -1.70. The normalized spacial score (nSPS) is 11.6. The molecule has 0 radical (unpaired) electrons. The highest BCUT2D eigenvalue weighted by molar-refractivity contribution is 5.43. The van der Waals surface area contributed by atoms with Crippen LogP contribution in [0.3, 0.4) is 0 Å². The minimum atomic E-state index is 0.0193. The van der Waals surface area contributed by atoms with Gasteiger partial charge >= 0.3 is 0 Å². The molecule has 1 unspecified atom stereocenters. The third-order valence-corrected chi connectivity index (χ3v) is 2.50. The molecule has 4 nitrogen and oxygen atoms in total. The van der Waals surface area contributed by atoms with E-state index in [1.807, 2.05) is 18.2 Å². The van der Waals surface area contributed by atoms with Crippen molar-refractivity contribution in [2.45, 2.75) is 6.04 Å². The van der Waals surface area contributed by atoms with Crippen molar-refractivity contribution in [3.05, 3.63) is 23.8 Å². The fourth-order valence-electron chi connectivity index (χ4n) is 1.59. The van der Waals surface area contributed by atoms with Gasteiger partial charge in [0.05, 0.1) is 20.8 Å². The zero-order valence-electron chi connectivity index (χ0n) is 10.2. The topological polar surface area (TPSA) is 56.5 Å². The quantitative estimate of drug-likeness (QED) is 0.719. The number of benzene rings is 1. The van der Waals surface area contributed by atoms with E-state index >= 15 is 0 Å². The van der Waals surface area contributed by atoms with Crippen molar-refractivity contribution in [1.29, 1.82) is 0 Å². The van der Waals surface area contributed by atoms with Gasteiger partial charge in [-0.15, -0.1) is 6.42 Å². The predicted molar refractivity (Wildman–Crippen MR) is 68.2 cm³/mol. The van der Waals surface area contributed by atoms with Gasteiger partial charge in [0.25, 0.3) is 0 Å². The van der Waals surface area contributed by atoms with E-state index in [1.165, 1.54) is 0 Å². The number of nitrogens with one attached hydrogen (secondary N) is 1. The summed E-state index contributed by atoms with van der Waals surface area (Å²) in [6, 6.07) is 5.72. The third kappa shape index (κ3) is 3.38. The van der Waals surface area contributed by atoms with Crippen LogP contribution in [0.25, 0.3) is 0 Å². The first-order chi connectivity index (χ1) is 8.26. The number of terminal acetylenes is 1. The van der Waals surface area contributed by atoms with Gasteiger partial charge in [0.1, 0.15) is 0 Å². The Morgan fingerprint density at radius 3 is 2.59 bits per heavy atom. The highest BCUT2D eigenvalue weighted by atomic mass is 16.5. The molecule has 0 bridgehead atoms. The number of nitrogens with two attached hydrogens (primary N) is 1. The van der Waals surface area contributed by atoms with E-state index in [9.17, 15) is 0 Å². The van der Waals surface area contributed by atoms with Crippen molar-refractivity contribution in [3.8, 4) is 23.8 Å². The molecule has 0 spiro atoms. The predicted octanol–water partition coefficient (Wildman–Crippen LogP) is 0.926. The lowest BCUT2D eigenvalue weighted by atomic mass is 10.1. The average Bonchev–Trinajstić information content (AvgIpc) is 2.39. The highest BCUT2D eigenvalue weighted by Crippen LogP contribution is 2.29. The van der Waals surface area contributed by atoms with Crippen molar-refractivity contribution in [3.63, 3.8) is 0 Å². The Balaban J connectivity index is 2.93. The van der Waals surface area contributed by atoms with Gasteiger partial charge in [-0.2, -0.15) is 0 Å². The van der Waals surface area contributed by atoms with Gasteiger partial charge in [-0.3, -0.25) is 5.32 Å². The van der Waals surface area contributed by atoms with Crippen LogP contribution >= 0.6 is 0 Å². The molecule has 4 heteroatoms. The molecule has 0 fully saturated rings. The van der Waals surface area contributed by atoms with Crippen LogP contribution in [0.5, 0.6) is 11.5 Å². The smallest absolute Gasteiger partial charge is 0.161 e. The van der Waals surface area contributed by atoms with Gasteiger partial charge in [-0.25, -0.2) is 0 Å². The van der Waals surface area contributed by atoms with E-state index in [4.69, 9.17) is 21.6 Å². The van der Waals surface area contributed by atoms with Crippen LogP contribution in [0, 0.1) is 12.3 Å². The van der Waals surface area contributed by atoms with Crippen molar-refractivity contribution in [2.75, 3.05) is 27.3 Å². The molecule has 17 heavy (non-hydrogen) atoms. The van der Waals surface area contributed by atoms with Gasteiger partial charge in [0, 0.05) is 12.6 Å². The van der Waals surface area contributed by atoms with Crippen molar-refractivity contribution >= 4 is 0 Å². The van der Waals surface area contributed by atoms with Crippen LogP contribution in [0.2, 0.25) is 0 Å². The second-order valence-electron chi connectivity index (χ2n) is 3.49. The molecule has 0 saturated heterocycles. The van der Waals surface area contributed by atoms with Crippen molar-refractivity contribution in [2.24, 2.45) is 5.73 Å². The molecule has 0 amide bonds. The summed E-state index contributed by atoms with van der Waals surface area (Å²) in [6.07, 6.45) is 5.21. The zero-order valence-corrected chi connectivity index (χ0v) is 10.2. The van der Waals surface area contributed by atoms with Crippen LogP contribution in [0.15, 0.2) is 18.2 Å². The molecule has 1 rings (SSSR count). The summed E-state index contributed by atoms with van der Waals surface area (Å²) >= 11 is 0. The summed E-state index contributed by atoms with van der Waals surface area (Å²) in [4.78, 5) is 0. The maximum Gasteiger partial charge on any atom is 0.161 e. The molecular weight excluding hydrogens is 216 g/mol. The molecule has 0 heterocycles. The number of ether oxygens (including phenoxy) is 2. The van der Waals surface area contributed by atoms with E-state index in [1.54, 1.807) is 14.2 Å². The summed E-state index contributed by atoms with van der Waals surface area (Å²) in [5.74, 6) is 3.91. The first-order valence-electron chi connectivity index (χ1n) is 5.35. The Kier molecular flexibility index (Phi) is 5.34. The Morgan fingerprint density at radius 1 is 1.35 bits per heavy atom. The van der Waals surface area contributed by atoms with Gasteiger partial charge < -0.3 is 15.2 Å². The summed E-state index contributed by atoms with van der Waals surface area (Å²) in [5, 5.41) is 3.17. The SMILES string of the molecule is C#CCNC(CN)c1ccc(OC)c(OC)c1. The standard InChI is InChI=1S/C13H18N2O2/c1-4-7-15-11(9-14)10-5-6-12(16-2)13(8-10)17-3/h1,5-6,8,11,15H,7,9,14H2,2-3H3. The largest absolute Gasteiger partial charge is 0.493 e. The average molecular weight is 234 g/mol. The molecule has 3 N–H and O–H groups in total. The van der Waals surface area contributed by atoms with Gasteiger partial charge in [-0.1, -0.05) is 12.0 Å². The van der Waals surface area contributed by atoms with Crippen molar-refractivity contribution in [1.82, 2.24) is 5.32 Å². The van der Waals surface area contributed by atoms with Crippen LogP contribution in [-0.2, 0) is 0 Å². The molecule has 0 aliphatic heterocycles. The summed E-state index contributed by atoms with van der Waals surface area (Å²) < 4.78 is 10.4. The second kappa shape index (κ2) is 6.79. The van der Waals surface area contributed by atoms with Crippen LogP contribution in [0.4, 0.5) is 0 Å². The maximum atomic E-state index is 5.70. The minimum Gasteiger partial charge on any atom is -0.493 e. The number of methoxy groups -OCH3 is 2. The molecule has 0 aliphatic rings. The molecule has 1 aromatic rings. The maximum absolute atomic E-state index is 5.70. The van der Waals surface area contributed by atoms with Crippen LogP contribution < -0.4 is 20.5 Å². The Labute approximate surface area is 102 Å². The minimum absolute atomic E-state index is 0.0193. The van der Waals surface area contributed by atoms with Crippen molar-refractivity contribution < 1.29 is 9.47 Å². The van der Waals surface area contributed by atoms with E-state index in [2.05, 4.69) is 11.2 Å². The summed E-state index contributed by atoms with van der Waals surface area (Å²) in [6.45, 7) is 0.952. The molecular formula is C13H18N2O2. The summed E-state index contributed by atoms with van der Waals surface area (Å²) in [7, 11) is 3.21. The first kappa shape index (κ1) is 13.4. The molecule has 0 aromatic heterocycles. The summed E-state index contributed by atoms with van der Waals surface area (Å²) in [5.41, 5.74) is 6.73. The Bertz CT molecular complexity index is 399. The highest BCUT2D eigenvalue weighted by Gasteiger charge is 2.11. The Morgan fingerprint density at radius 2 is 2.06 bits per heavy atom. The molecule has 1 aromatic carbocycles. The number of hydrogen-bond acceptors (Lipinski definition) is 4. The van der Waals surface area contributed by atoms with Gasteiger partial charge in [0.15, 0.2) is 11.5 Å². The zero-order chi connectivity index (χ0) is 12.7. The monoisotopic (exact) mass is 234 g/mol. The van der Waals surface area contributed by atoms with E-state index < -0.39 is 0 Å². The van der Waals surface area contributed by atoms with Crippen LogP contribution in [0.1, 0.15) is 11.6 Å². The van der Waals surface area contributed by atoms with E-state index in [-0.39, 0.29) is 6.04 Å². The van der Waals surface area contributed by atoms with Crippen LogP contribution in [-0.4, -0.2) is 27.3 Å². The third-order valence-electron chi connectivity index (χ3n) is 2.50.